The summed E-state index contributed by atoms with van der Waals surface area (Å²) in [5.41, 5.74) is 0.286. The van der Waals surface area contributed by atoms with E-state index in [0.717, 1.165) is 5.56 Å². The molecular weight excluding hydrogens is 681 g/mol. The van der Waals surface area contributed by atoms with Crippen LogP contribution in [0.5, 0.6) is 11.5 Å². The second-order valence-electron chi connectivity index (χ2n) is 12.2. The van der Waals surface area contributed by atoms with Crippen molar-refractivity contribution in [2.45, 2.75) is 44.3 Å². The molecule has 268 valence electrons. The quantitative estimate of drug-likeness (QED) is 0.133. The number of hydrogen-bond donors (Lipinski definition) is 2. The second-order valence-corrected chi connectivity index (χ2v) is 13.3. The van der Waals surface area contributed by atoms with Gasteiger partial charge in [0.1, 0.15) is 29.4 Å². The molecule has 5 aromatic rings. The summed E-state index contributed by atoms with van der Waals surface area (Å²) in [5.74, 6) is 0.387. The number of H-pyrrole nitrogens is 1. The molecular formula is C35H36N5O10P-2. The number of ether oxygens (including phenoxy) is 4. The molecule has 51 heavy (non-hydrogen) atoms. The van der Waals surface area contributed by atoms with Crippen LogP contribution in [-0.2, 0) is 29.0 Å². The normalized spacial score (nSPS) is 17.9. The lowest BCUT2D eigenvalue weighted by molar-refractivity contribution is -0.345. The van der Waals surface area contributed by atoms with E-state index in [4.69, 9.17) is 23.5 Å². The number of rotatable bonds is 13. The number of phosphoric acid groups is 1. The van der Waals surface area contributed by atoms with Gasteiger partial charge >= 0.3 is 0 Å². The molecule has 2 N–H and O–H groups in total. The molecule has 0 spiro atoms. The molecule has 3 heterocycles. The molecule has 1 aliphatic heterocycles. The minimum atomic E-state index is -5.51. The van der Waals surface area contributed by atoms with Crippen LogP contribution in [0, 0.1) is 5.92 Å². The van der Waals surface area contributed by atoms with Crippen LogP contribution in [0.2, 0.25) is 0 Å². The van der Waals surface area contributed by atoms with Crippen LogP contribution >= 0.6 is 7.82 Å². The number of aromatic nitrogens is 4. The molecule has 1 amide bonds. The number of methoxy groups -OCH3 is 2. The van der Waals surface area contributed by atoms with Crippen molar-refractivity contribution in [2.75, 3.05) is 26.1 Å². The third-order valence-electron chi connectivity index (χ3n) is 8.59. The Kier molecular flexibility index (Phi) is 10.4. The lowest BCUT2D eigenvalue weighted by atomic mass is 9.80. The predicted octanol–water partition coefficient (Wildman–Crippen LogP) is 3.24. The summed E-state index contributed by atoms with van der Waals surface area (Å²) >= 11 is 0. The summed E-state index contributed by atoms with van der Waals surface area (Å²) < 4.78 is 42.5. The number of aromatic amines is 1. The maximum absolute atomic E-state index is 12.8. The van der Waals surface area contributed by atoms with Crippen LogP contribution in [-0.4, -0.2) is 58.5 Å². The third-order valence-corrected chi connectivity index (χ3v) is 9.12. The first kappa shape index (κ1) is 35.9. The van der Waals surface area contributed by atoms with Gasteiger partial charge in [-0.2, -0.15) is 4.98 Å². The number of nitrogens with one attached hydrogen (secondary N) is 2. The van der Waals surface area contributed by atoms with Crippen molar-refractivity contribution in [3.63, 3.8) is 0 Å². The number of phosphoric ester groups is 1. The molecule has 6 rings (SSSR count). The number of amides is 1. The van der Waals surface area contributed by atoms with E-state index in [1.54, 1.807) is 52.3 Å². The average Bonchev–Trinajstić information content (AvgIpc) is 3.72. The average molecular weight is 718 g/mol. The number of hydrogen-bond acceptors (Lipinski definition) is 12. The Morgan fingerprint density at radius 1 is 1.00 bits per heavy atom. The molecule has 0 unspecified atom stereocenters. The van der Waals surface area contributed by atoms with Gasteiger partial charge in [-0.25, -0.2) is 4.98 Å². The first-order valence-corrected chi connectivity index (χ1v) is 17.5. The topological polar surface area (TPSA) is 202 Å². The fraction of sp³-hybridized carbons (Fsp3) is 0.314. The van der Waals surface area contributed by atoms with Crippen molar-refractivity contribution in [1.82, 2.24) is 19.5 Å². The monoisotopic (exact) mass is 717 g/mol. The van der Waals surface area contributed by atoms with Gasteiger partial charge in [0.15, 0.2) is 11.2 Å². The van der Waals surface area contributed by atoms with Crippen molar-refractivity contribution in [2.24, 2.45) is 5.92 Å². The van der Waals surface area contributed by atoms with Gasteiger partial charge in [0, 0.05) is 12.3 Å². The summed E-state index contributed by atoms with van der Waals surface area (Å²) in [6, 6.07) is 24.1. The molecule has 1 saturated heterocycles. The van der Waals surface area contributed by atoms with Gasteiger partial charge in [0.2, 0.25) is 11.9 Å². The van der Waals surface area contributed by atoms with Gasteiger partial charge in [-0.05, 0) is 41.0 Å². The van der Waals surface area contributed by atoms with Gasteiger partial charge in [-0.15, -0.1) is 0 Å². The Balaban J connectivity index is 1.40. The highest BCUT2D eigenvalue weighted by molar-refractivity contribution is 7.43. The van der Waals surface area contributed by atoms with E-state index in [-0.39, 0.29) is 42.0 Å². The van der Waals surface area contributed by atoms with Crippen molar-refractivity contribution < 1.29 is 42.6 Å². The lowest BCUT2D eigenvalue weighted by Crippen LogP contribution is -2.39. The highest BCUT2D eigenvalue weighted by Gasteiger charge is 2.43. The zero-order valence-corrected chi connectivity index (χ0v) is 29.1. The highest BCUT2D eigenvalue weighted by Crippen LogP contribution is 2.44. The smallest absolute Gasteiger partial charge is 0.280 e. The third kappa shape index (κ3) is 7.59. The maximum Gasteiger partial charge on any atom is 0.280 e. The summed E-state index contributed by atoms with van der Waals surface area (Å²) in [6.45, 7) is 3.11. The summed E-state index contributed by atoms with van der Waals surface area (Å²) in [4.78, 5) is 60.2. The molecule has 0 aliphatic carbocycles. The van der Waals surface area contributed by atoms with Crippen LogP contribution in [0.4, 0.5) is 5.95 Å². The standard InChI is InChI=1S/C35H38N5O10P/c1-21(2)32(41)38-34-37-31-30(33(42)39-34)36-20-40(31)29-18-27(50-51(43,44)45)28(49-29)19-48-35(22-8-6-5-7-9-22,23-10-14-25(46-3)15-11-23)24-12-16-26(47-4)17-13-24/h5-17,20-21,27-29H,18-19H2,1-4H3,(H2,43,44,45)(H2,37,38,39,41,42)/p-2/t27-,28+,29+/m0/s1. The molecule has 0 radical (unpaired) electrons. The van der Waals surface area contributed by atoms with Crippen molar-refractivity contribution >= 4 is 30.8 Å². The molecule has 1 aliphatic rings. The van der Waals surface area contributed by atoms with Crippen LogP contribution in [0.15, 0.2) is 90.0 Å². The van der Waals surface area contributed by atoms with Gasteiger partial charge in [-0.1, -0.05) is 68.4 Å². The molecule has 3 aromatic carbocycles. The Labute approximate surface area is 292 Å². The number of imidazole rings is 1. The minimum Gasteiger partial charge on any atom is -0.790 e. The molecule has 15 nitrogen and oxygen atoms in total. The Hall–Kier alpha value is -4.89. The molecule has 0 saturated carbocycles. The maximum atomic E-state index is 12.8. The largest absolute Gasteiger partial charge is 0.790 e. The van der Waals surface area contributed by atoms with E-state index < -0.39 is 37.4 Å². The minimum absolute atomic E-state index is 0.0428. The van der Waals surface area contributed by atoms with Crippen LogP contribution < -0.4 is 30.1 Å². The van der Waals surface area contributed by atoms with Gasteiger partial charge in [-0.3, -0.25) is 24.5 Å². The SMILES string of the molecule is COc1ccc(C(OC[C@H]2O[C@@H](n3cnc4c(=O)[nH]c(NC(=O)C(C)C)nc43)C[C@@H]2OP(=O)([O-])[O-])(c2ccccc2)c2ccc(OC)cc2)cc1. The first-order valence-electron chi connectivity index (χ1n) is 16.0. The summed E-state index contributed by atoms with van der Waals surface area (Å²) in [7, 11) is -2.38. The van der Waals surface area contributed by atoms with Crippen molar-refractivity contribution in [1.29, 1.82) is 0 Å². The van der Waals surface area contributed by atoms with Crippen LogP contribution in [0.25, 0.3) is 11.2 Å². The lowest BCUT2D eigenvalue weighted by Gasteiger charge is -2.38. The number of fused-ring (bicyclic) bond motifs is 1. The van der Waals surface area contributed by atoms with E-state index in [9.17, 15) is 23.9 Å². The molecule has 1 fully saturated rings. The van der Waals surface area contributed by atoms with Crippen LogP contribution in [0.1, 0.15) is 43.2 Å². The Morgan fingerprint density at radius 2 is 1.59 bits per heavy atom. The molecule has 3 atom stereocenters. The van der Waals surface area contributed by atoms with Crippen molar-refractivity contribution in [3.05, 3.63) is 112 Å². The number of nitrogens with zero attached hydrogens (tertiary/aromatic N) is 3. The first-order chi connectivity index (χ1) is 24.4. The zero-order chi connectivity index (χ0) is 36.3. The Morgan fingerprint density at radius 3 is 2.14 bits per heavy atom. The predicted molar refractivity (Wildman–Crippen MR) is 181 cm³/mol. The van der Waals surface area contributed by atoms with E-state index >= 15 is 0 Å². The number of anilines is 1. The number of carbonyl (C=O) groups is 1. The summed E-state index contributed by atoms with van der Waals surface area (Å²) in [6.07, 6.45) is -2.21. The fourth-order valence-corrected chi connectivity index (χ4v) is 6.59. The highest BCUT2D eigenvalue weighted by atomic mass is 31.2. The summed E-state index contributed by atoms with van der Waals surface area (Å²) in [5, 5.41) is 2.56. The Bertz CT molecular complexity index is 2030. The molecule has 0 bridgehead atoms. The zero-order valence-electron chi connectivity index (χ0n) is 28.2. The van der Waals surface area contributed by atoms with Crippen LogP contribution in [0.3, 0.4) is 0 Å². The van der Waals surface area contributed by atoms with Gasteiger partial charge in [0.05, 0.1) is 41.1 Å². The second kappa shape index (κ2) is 14.8. The van der Waals surface area contributed by atoms with E-state index in [0.29, 0.717) is 22.6 Å². The number of benzene rings is 3. The van der Waals surface area contributed by atoms with E-state index in [1.807, 2.05) is 54.6 Å². The van der Waals surface area contributed by atoms with E-state index in [2.05, 4.69) is 20.3 Å². The molecule has 16 heteroatoms. The van der Waals surface area contributed by atoms with Gasteiger partial charge < -0.3 is 37.8 Å². The van der Waals surface area contributed by atoms with Crippen molar-refractivity contribution in [3.8, 4) is 11.5 Å². The number of carbonyl (C=O) groups excluding carboxylic acids is 1. The van der Waals surface area contributed by atoms with E-state index in [1.165, 1.54) is 10.9 Å². The molecule has 2 aromatic heterocycles. The van der Waals surface area contributed by atoms with Gasteiger partial charge in [0.25, 0.3) is 5.56 Å². The fourth-order valence-electron chi connectivity index (χ4n) is 6.04.